The number of urea groups is 1. The van der Waals surface area contributed by atoms with Crippen molar-refractivity contribution in [1.82, 2.24) is 10.6 Å². The molecule has 76 valence electrons. The summed E-state index contributed by atoms with van der Waals surface area (Å²) in [6, 6.07) is -0.0715. The zero-order chi connectivity index (χ0) is 9.94. The van der Waals surface area contributed by atoms with Gasteiger partial charge < -0.3 is 10.6 Å². The molecule has 0 aliphatic rings. The quantitative estimate of drug-likeness (QED) is 0.489. The Morgan fingerprint density at radius 3 is 2.46 bits per heavy atom. The Kier molecular flexibility index (Phi) is 8.98. The molecule has 13 heavy (non-hydrogen) atoms. The standard InChI is InChI=1S/C9H18N2OS/c1-2-3-6-10-9(12)11-7-4-5-8-13/h8H,2-7H2,1H3,(H2,10,11,12). The van der Waals surface area contributed by atoms with Crippen molar-refractivity contribution >= 4 is 23.6 Å². The molecular formula is C9H18N2OS. The number of amides is 2. The Morgan fingerprint density at radius 2 is 1.92 bits per heavy atom. The van der Waals surface area contributed by atoms with Gasteiger partial charge in [-0.1, -0.05) is 25.6 Å². The molecule has 0 saturated carbocycles. The molecule has 0 aliphatic heterocycles. The van der Waals surface area contributed by atoms with Gasteiger partial charge in [0.25, 0.3) is 0 Å². The minimum Gasteiger partial charge on any atom is -0.338 e. The average Bonchev–Trinajstić information content (AvgIpc) is 2.13. The van der Waals surface area contributed by atoms with E-state index in [-0.39, 0.29) is 6.03 Å². The van der Waals surface area contributed by atoms with Gasteiger partial charge in [0.15, 0.2) is 0 Å². The largest absolute Gasteiger partial charge is 0.338 e. The van der Waals surface area contributed by atoms with E-state index in [9.17, 15) is 4.79 Å². The number of unbranched alkanes of at least 4 members (excludes halogenated alkanes) is 2. The lowest BCUT2D eigenvalue weighted by Gasteiger charge is -2.05. The Balaban J connectivity index is 3.15. The minimum atomic E-state index is -0.0715. The first kappa shape index (κ1) is 12.4. The van der Waals surface area contributed by atoms with E-state index in [2.05, 4.69) is 29.8 Å². The van der Waals surface area contributed by atoms with E-state index in [4.69, 9.17) is 0 Å². The van der Waals surface area contributed by atoms with Crippen LogP contribution in [-0.2, 0) is 0 Å². The zero-order valence-corrected chi connectivity index (χ0v) is 8.95. The first-order valence-electron chi connectivity index (χ1n) is 4.76. The average molecular weight is 202 g/mol. The molecule has 0 aliphatic carbocycles. The SMILES string of the molecule is CCCCNC(=O)NCCCC=S. The van der Waals surface area contributed by atoms with Gasteiger partial charge in [-0.05, 0) is 24.6 Å². The maximum absolute atomic E-state index is 11.0. The van der Waals surface area contributed by atoms with Crippen molar-refractivity contribution < 1.29 is 4.79 Å². The van der Waals surface area contributed by atoms with Crippen LogP contribution < -0.4 is 10.6 Å². The van der Waals surface area contributed by atoms with Crippen LogP contribution in [-0.4, -0.2) is 24.5 Å². The Hall–Kier alpha value is -0.640. The highest BCUT2D eigenvalue weighted by atomic mass is 32.1. The number of thiocarbonyl (C=S) groups is 1. The fraction of sp³-hybridized carbons (Fsp3) is 0.778. The molecule has 2 amide bonds. The zero-order valence-electron chi connectivity index (χ0n) is 8.14. The van der Waals surface area contributed by atoms with Crippen LogP contribution in [0.4, 0.5) is 4.79 Å². The third kappa shape index (κ3) is 9.27. The number of hydrogen-bond acceptors (Lipinski definition) is 2. The Bertz CT molecular complexity index is 151. The van der Waals surface area contributed by atoms with Crippen LogP contribution in [0.15, 0.2) is 0 Å². The second kappa shape index (κ2) is 9.45. The van der Waals surface area contributed by atoms with Crippen molar-refractivity contribution in [3.63, 3.8) is 0 Å². The van der Waals surface area contributed by atoms with Gasteiger partial charge in [-0.2, -0.15) is 0 Å². The topological polar surface area (TPSA) is 41.1 Å². The number of nitrogens with one attached hydrogen (secondary N) is 2. The van der Waals surface area contributed by atoms with Gasteiger partial charge in [0.1, 0.15) is 0 Å². The van der Waals surface area contributed by atoms with Crippen LogP contribution >= 0.6 is 12.2 Å². The first-order chi connectivity index (χ1) is 6.31. The van der Waals surface area contributed by atoms with E-state index in [0.717, 1.165) is 32.2 Å². The van der Waals surface area contributed by atoms with Gasteiger partial charge >= 0.3 is 6.03 Å². The fourth-order valence-electron chi connectivity index (χ4n) is 0.829. The molecule has 0 heterocycles. The number of carbonyl (C=O) groups excluding carboxylic acids is 1. The number of hydrogen-bond donors (Lipinski definition) is 2. The Morgan fingerprint density at radius 1 is 1.31 bits per heavy atom. The summed E-state index contributed by atoms with van der Waals surface area (Å²) in [7, 11) is 0. The van der Waals surface area contributed by atoms with Crippen LogP contribution in [0.5, 0.6) is 0 Å². The van der Waals surface area contributed by atoms with E-state index < -0.39 is 0 Å². The molecule has 0 radical (unpaired) electrons. The van der Waals surface area contributed by atoms with E-state index in [0.29, 0.717) is 6.54 Å². The summed E-state index contributed by atoms with van der Waals surface area (Å²) < 4.78 is 0. The summed E-state index contributed by atoms with van der Waals surface area (Å²) in [5.41, 5.74) is 0. The molecule has 0 spiro atoms. The fourth-order valence-corrected chi connectivity index (χ4v) is 0.995. The maximum Gasteiger partial charge on any atom is 0.314 e. The highest BCUT2D eigenvalue weighted by molar-refractivity contribution is 7.78. The van der Waals surface area contributed by atoms with Crippen molar-refractivity contribution in [2.45, 2.75) is 32.6 Å². The molecule has 0 unspecified atom stereocenters. The number of rotatable bonds is 7. The predicted octanol–water partition coefficient (Wildman–Crippen LogP) is 1.87. The predicted molar refractivity (Wildman–Crippen MR) is 59.2 cm³/mol. The van der Waals surface area contributed by atoms with Crippen molar-refractivity contribution in [3.8, 4) is 0 Å². The van der Waals surface area contributed by atoms with E-state index in [1.54, 1.807) is 5.37 Å². The highest BCUT2D eigenvalue weighted by Gasteiger charge is 1.96. The molecule has 3 nitrogen and oxygen atoms in total. The third-order valence-corrected chi connectivity index (χ3v) is 1.84. The lowest BCUT2D eigenvalue weighted by atomic mass is 10.3. The van der Waals surface area contributed by atoms with Crippen LogP contribution in [0.3, 0.4) is 0 Å². The van der Waals surface area contributed by atoms with E-state index in [1.807, 2.05) is 0 Å². The summed E-state index contributed by atoms with van der Waals surface area (Å²) in [4.78, 5) is 11.0. The van der Waals surface area contributed by atoms with Crippen LogP contribution in [0, 0.1) is 0 Å². The Labute approximate surface area is 85.3 Å². The maximum atomic E-state index is 11.0. The summed E-state index contributed by atoms with van der Waals surface area (Å²) in [6.45, 7) is 3.56. The monoisotopic (exact) mass is 202 g/mol. The molecule has 0 aromatic carbocycles. The minimum absolute atomic E-state index is 0.0715. The molecule has 0 fully saturated rings. The van der Waals surface area contributed by atoms with Gasteiger partial charge in [0, 0.05) is 13.1 Å². The molecule has 0 bridgehead atoms. The van der Waals surface area contributed by atoms with E-state index >= 15 is 0 Å². The molecule has 0 aromatic heterocycles. The molecule has 2 N–H and O–H groups in total. The van der Waals surface area contributed by atoms with Crippen molar-refractivity contribution in [2.24, 2.45) is 0 Å². The normalized spacial score (nSPS) is 9.31. The first-order valence-corrected chi connectivity index (χ1v) is 5.23. The van der Waals surface area contributed by atoms with Crippen LogP contribution in [0.2, 0.25) is 0 Å². The third-order valence-electron chi connectivity index (χ3n) is 1.60. The van der Waals surface area contributed by atoms with E-state index in [1.165, 1.54) is 0 Å². The molecular weight excluding hydrogens is 184 g/mol. The highest BCUT2D eigenvalue weighted by Crippen LogP contribution is 1.84. The summed E-state index contributed by atoms with van der Waals surface area (Å²) >= 11 is 4.66. The molecule has 0 saturated heterocycles. The second-order valence-corrected chi connectivity index (χ2v) is 3.18. The molecule has 0 aromatic rings. The van der Waals surface area contributed by atoms with Gasteiger partial charge in [-0.25, -0.2) is 4.79 Å². The van der Waals surface area contributed by atoms with Crippen molar-refractivity contribution in [2.75, 3.05) is 13.1 Å². The molecule has 4 heteroatoms. The smallest absolute Gasteiger partial charge is 0.314 e. The molecule has 0 atom stereocenters. The van der Waals surface area contributed by atoms with Gasteiger partial charge in [0.2, 0.25) is 0 Å². The van der Waals surface area contributed by atoms with Crippen LogP contribution in [0.1, 0.15) is 32.6 Å². The second-order valence-electron chi connectivity index (χ2n) is 2.85. The summed E-state index contributed by atoms with van der Waals surface area (Å²) in [5.74, 6) is 0. The van der Waals surface area contributed by atoms with Crippen molar-refractivity contribution in [1.29, 1.82) is 0 Å². The summed E-state index contributed by atoms with van der Waals surface area (Å²) in [5, 5.41) is 7.23. The van der Waals surface area contributed by atoms with Crippen molar-refractivity contribution in [3.05, 3.63) is 0 Å². The van der Waals surface area contributed by atoms with Crippen LogP contribution in [0.25, 0.3) is 0 Å². The summed E-state index contributed by atoms with van der Waals surface area (Å²) in [6.07, 6.45) is 3.94. The van der Waals surface area contributed by atoms with Gasteiger partial charge in [-0.15, -0.1) is 0 Å². The lowest BCUT2D eigenvalue weighted by Crippen LogP contribution is -2.36. The van der Waals surface area contributed by atoms with Gasteiger partial charge in [-0.3, -0.25) is 0 Å². The van der Waals surface area contributed by atoms with Gasteiger partial charge in [0.05, 0.1) is 0 Å². The number of carbonyl (C=O) groups is 1. The lowest BCUT2D eigenvalue weighted by molar-refractivity contribution is 0.240. The molecule has 0 rings (SSSR count).